The van der Waals surface area contributed by atoms with Gasteiger partial charge in [-0.15, -0.1) is 6.58 Å². The number of rotatable bonds is 4. The van der Waals surface area contributed by atoms with Gasteiger partial charge in [0.2, 0.25) is 0 Å². The lowest BCUT2D eigenvalue weighted by atomic mass is 10.1. The third-order valence-electron chi connectivity index (χ3n) is 2.78. The predicted octanol–water partition coefficient (Wildman–Crippen LogP) is 1.89. The highest BCUT2D eigenvalue weighted by atomic mass is 16.3. The first-order valence-corrected chi connectivity index (χ1v) is 5.57. The number of nitrogens with zero attached hydrogens (tertiary/aromatic N) is 1. The van der Waals surface area contributed by atoms with Crippen LogP contribution in [0.15, 0.2) is 30.9 Å². The van der Waals surface area contributed by atoms with Crippen LogP contribution in [0.5, 0.6) is 11.5 Å². The lowest BCUT2D eigenvalue weighted by Gasteiger charge is -2.21. The van der Waals surface area contributed by atoms with E-state index in [4.69, 9.17) is 0 Å². The number of amides is 1. The van der Waals surface area contributed by atoms with E-state index < -0.39 is 0 Å². The first-order chi connectivity index (χ1) is 8.13. The van der Waals surface area contributed by atoms with Crippen molar-refractivity contribution in [1.82, 2.24) is 4.90 Å². The number of hydrogen-bond acceptors (Lipinski definition) is 3. The highest BCUT2D eigenvalue weighted by Gasteiger charge is 2.33. The molecule has 0 atom stereocenters. The first kappa shape index (κ1) is 11.5. The second-order valence-corrected chi connectivity index (χ2v) is 4.18. The number of carbonyl (C=O) groups excluding carboxylic acids is 1. The number of phenolic OH excluding ortho intramolecular Hbond substituents is 2. The zero-order valence-electron chi connectivity index (χ0n) is 9.47. The molecule has 1 amide bonds. The molecule has 1 aliphatic carbocycles. The fourth-order valence-electron chi connectivity index (χ4n) is 1.77. The fourth-order valence-corrected chi connectivity index (χ4v) is 1.77. The summed E-state index contributed by atoms with van der Waals surface area (Å²) in [5.74, 6) is -0.399. The van der Waals surface area contributed by atoms with Gasteiger partial charge in [-0.05, 0) is 31.0 Å². The van der Waals surface area contributed by atoms with E-state index in [9.17, 15) is 15.0 Å². The molecule has 90 valence electrons. The van der Waals surface area contributed by atoms with Gasteiger partial charge in [-0.1, -0.05) is 6.08 Å². The van der Waals surface area contributed by atoms with E-state index in [-0.39, 0.29) is 29.0 Å². The molecule has 4 heteroatoms. The lowest BCUT2D eigenvalue weighted by molar-refractivity contribution is 0.0759. The maximum atomic E-state index is 12.2. The minimum Gasteiger partial charge on any atom is -0.508 e. The van der Waals surface area contributed by atoms with Crippen LogP contribution in [0, 0.1) is 0 Å². The Morgan fingerprint density at radius 1 is 1.47 bits per heavy atom. The number of benzene rings is 1. The first-order valence-electron chi connectivity index (χ1n) is 5.57. The minimum atomic E-state index is -0.263. The van der Waals surface area contributed by atoms with Crippen LogP contribution in [-0.4, -0.2) is 33.6 Å². The summed E-state index contributed by atoms with van der Waals surface area (Å²) in [4.78, 5) is 13.9. The van der Waals surface area contributed by atoms with Gasteiger partial charge in [0, 0.05) is 12.6 Å². The molecule has 0 aromatic heterocycles. The molecule has 1 aromatic carbocycles. The zero-order valence-corrected chi connectivity index (χ0v) is 9.47. The van der Waals surface area contributed by atoms with Crippen LogP contribution in [0.1, 0.15) is 23.2 Å². The third kappa shape index (κ3) is 2.41. The second kappa shape index (κ2) is 4.49. The van der Waals surface area contributed by atoms with E-state index in [0.717, 1.165) is 12.8 Å². The minimum absolute atomic E-state index is 0.0273. The summed E-state index contributed by atoms with van der Waals surface area (Å²) in [6, 6.07) is 4.20. The molecule has 4 nitrogen and oxygen atoms in total. The zero-order chi connectivity index (χ0) is 12.4. The van der Waals surface area contributed by atoms with Crippen molar-refractivity contribution in [2.45, 2.75) is 18.9 Å². The summed E-state index contributed by atoms with van der Waals surface area (Å²) in [5, 5.41) is 19.0. The van der Waals surface area contributed by atoms with Crippen molar-refractivity contribution in [3.63, 3.8) is 0 Å². The van der Waals surface area contributed by atoms with Crippen LogP contribution in [0.3, 0.4) is 0 Å². The largest absolute Gasteiger partial charge is 0.508 e. The highest BCUT2D eigenvalue weighted by molar-refractivity contribution is 5.97. The SMILES string of the molecule is C=CCN(C(=O)c1cc(O)ccc1O)C1CC1. The Morgan fingerprint density at radius 3 is 2.76 bits per heavy atom. The molecule has 2 N–H and O–H groups in total. The molecule has 0 aliphatic heterocycles. The lowest BCUT2D eigenvalue weighted by Crippen LogP contribution is -2.33. The Kier molecular flexibility index (Phi) is 3.04. The molecule has 1 saturated carbocycles. The van der Waals surface area contributed by atoms with Crippen LogP contribution >= 0.6 is 0 Å². The van der Waals surface area contributed by atoms with E-state index in [1.807, 2.05) is 0 Å². The van der Waals surface area contributed by atoms with Crippen molar-refractivity contribution in [3.05, 3.63) is 36.4 Å². The molecule has 1 aromatic rings. The normalized spacial score (nSPS) is 14.4. The Morgan fingerprint density at radius 2 is 2.18 bits per heavy atom. The van der Waals surface area contributed by atoms with Crippen LogP contribution in [-0.2, 0) is 0 Å². The van der Waals surface area contributed by atoms with E-state index in [0.29, 0.717) is 6.54 Å². The van der Waals surface area contributed by atoms with Crippen molar-refractivity contribution in [3.8, 4) is 11.5 Å². The third-order valence-corrected chi connectivity index (χ3v) is 2.78. The number of phenols is 2. The van der Waals surface area contributed by atoms with Gasteiger partial charge in [-0.25, -0.2) is 0 Å². The number of hydrogen-bond donors (Lipinski definition) is 2. The molecule has 2 rings (SSSR count). The number of aromatic hydroxyl groups is 2. The molecule has 0 bridgehead atoms. The van der Waals surface area contributed by atoms with E-state index in [1.165, 1.54) is 18.2 Å². The summed E-state index contributed by atoms with van der Waals surface area (Å²) in [5.41, 5.74) is 0.138. The second-order valence-electron chi connectivity index (χ2n) is 4.18. The Hall–Kier alpha value is -1.97. The van der Waals surface area contributed by atoms with Gasteiger partial charge in [0.25, 0.3) is 5.91 Å². The van der Waals surface area contributed by atoms with Crippen LogP contribution in [0.25, 0.3) is 0 Å². The van der Waals surface area contributed by atoms with Gasteiger partial charge >= 0.3 is 0 Å². The highest BCUT2D eigenvalue weighted by Crippen LogP contribution is 2.31. The molecular weight excluding hydrogens is 218 g/mol. The smallest absolute Gasteiger partial charge is 0.258 e. The maximum absolute atomic E-state index is 12.2. The molecule has 0 saturated heterocycles. The maximum Gasteiger partial charge on any atom is 0.258 e. The summed E-state index contributed by atoms with van der Waals surface area (Å²) in [6.07, 6.45) is 3.63. The molecule has 0 spiro atoms. The molecule has 0 heterocycles. The Labute approximate surface area is 99.8 Å². The van der Waals surface area contributed by atoms with E-state index in [1.54, 1.807) is 11.0 Å². The molecular formula is C13H15NO3. The van der Waals surface area contributed by atoms with Gasteiger partial charge < -0.3 is 15.1 Å². The van der Waals surface area contributed by atoms with Crippen molar-refractivity contribution in [2.24, 2.45) is 0 Å². The molecule has 0 unspecified atom stereocenters. The summed E-state index contributed by atoms with van der Waals surface area (Å²) in [7, 11) is 0. The van der Waals surface area contributed by atoms with Gasteiger partial charge in [-0.2, -0.15) is 0 Å². The van der Waals surface area contributed by atoms with Crippen LogP contribution in [0.2, 0.25) is 0 Å². The summed E-state index contributed by atoms with van der Waals surface area (Å²) in [6.45, 7) is 4.08. The topological polar surface area (TPSA) is 60.8 Å². The average molecular weight is 233 g/mol. The standard InChI is InChI=1S/C13H15NO3/c1-2-7-14(9-3-4-9)13(17)11-8-10(15)5-6-12(11)16/h2,5-6,8-9,15-16H,1,3-4,7H2. The Balaban J connectivity index is 2.27. The van der Waals surface area contributed by atoms with Crippen LogP contribution in [0.4, 0.5) is 0 Å². The average Bonchev–Trinajstić information content (AvgIpc) is 3.12. The van der Waals surface area contributed by atoms with Gasteiger partial charge in [0.15, 0.2) is 0 Å². The van der Waals surface area contributed by atoms with Crippen molar-refractivity contribution in [2.75, 3.05) is 6.54 Å². The monoisotopic (exact) mass is 233 g/mol. The van der Waals surface area contributed by atoms with Crippen molar-refractivity contribution >= 4 is 5.91 Å². The van der Waals surface area contributed by atoms with Crippen molar-refractivity contribution in [1.29, 1.82) is 0 Å². The van der Waals surface area contributed by atoms with E-state index >= 15 is 0 Å². The molecule has 1 aliphatic rings. The van der Waals surface area contributed by atoms with Gasteiger partial charge in [0.05, 0.1) is 5.56 Å². The quantitative estimate of drug-likeness (QED) is 0.616. The molecule has 0 radical (unpaired) electrons. The number of carbonyl (C=O) groups is 1. The predicted molar refractivity (Wildman–Crippen MR) is 64.0 cm³/mol. The summed E-state index contributed by atoms with van der Waals surface area (Å²) >= 11 is 0. The van der Waals surface area contributed by atoms with E-state index in [2.05, 4.69) is 6.58 Å². The fraction of sp³-hybridized carbons (Fsp3) is 0.308. The van der Waals surface area contributed by atoms with Gasteiger partial charge in [-0.3, -0.25) is 4.79 Å². The molecule has 1 fully saturated rings. The molecule has 17 heavy (non-hydrogen) atoms. The van der Waals surface area contributed by atoms with Crippen LogP contribution < -0.4 is 0 Å². The van der Waals surface area contributed by atoms with Crippen molar-refractivity contribution < 1.29 is 15.0 Å². The Bertz CT molecular complexity index is 452. The summed E-state index contributed by atoms with van der Waals surface area (Å²) < 4.78 is 0. The van der Waals surface area contributed by atoms with Gasteiger partial charge in [0.1, 0.15) is 11.5 Å².